The van der Waals surface area contributed by atoms with Crippen molar-refractivity contribution in [2.75, 3.05) is 0 Å². The molecule has 0 spiro atoms. The molecule has 3 heteroatoms. The molecule has 0 atom stereocenters. The van der Waals surface area contributed by atoms with Gasteiger partial charge in [-0.05, 0) is 18.9 Å². The van der Waals surface area contributed by atoms with Gasteiger partial charge in [-0.25, -0.2) is 0 Å². The molecule has 0 rings (SSSR count). The van der Waals surface area contributed by atoms with Crippen LogP contribution in [0.15, 0.2) is 11.3 Å². The van der Waals surface area contributed by atoms with E-state index in [1.807, 2.05) is 13.8 Å². The van der Waals surface area contributed by atoms with E-state index in [1.165, 1.54) is 0 Å². The van der Waals surface area contributed by atoms with Crippen molar-refractivity contribution < 1.29 is 4.92 Å². The molecule has 0 aromatic heterocycles. The number of nitrogens with zero attached hydrogens (tertiary/aromatic N) is 1. The third-order valence-corrected chi connectivity index (χ3v) is 1.52. The smallest absolute Gasteiger partial charge is 0.242 e. The molecule has 0 N–H and O–H groups in total. The van der Waals surface area contributed by atoms with E-state index >= 15 is 0 Å². The first-order chi connectivity index (χ1) is 4.59. The van der Waals surface area contributed by atoms with E-state index in [-0.39, 0.29) is 4.92 Å². The Morgan fingerprint density at radius 2 is 2.00 bits per heavy atom. The molecule has 0 aliphatic heterocycles. The lowest BCUT2D eigenvalue weighted by Crippen LogP contribution is -1.97. The number of nitro groups is 1. The van der Waals surface area contributed by atoms with Gasteiger partial charge in [0.2, 0.25) is 5.70 Å². The molecule has 58 valence electrons. The molecular formula is C7H13NO2. The second-order valence-electron chi connectivity index (χ2n) is 2.37. The van der Waals surface area contributed by atoms with Gasteiger partial charge in [0.15, 0.2) is 0 Å². The van der Waals surface area contributed by atoms with Crippen LogP contribution in [-0.2, 0) is 0 Å². The van der Waals surface area contributed by atoms with Crippen LogP contribution in [0.1, 0.15) is 33.6 Å². The minimum Gasteiger partial charge on any atom is -0.259 e. The van der Waals surface area contributed by atoms with Crippen LogP contribution in [0.25, 0.3) is 0 Å². The van der Waals surface area contributed by atoms with Gasteiger partial charge < -0.3 is 0 Å². The predicted octanol–water partition coefficient (Wildman–Crippen LogP) is 2.36. The molecule has 0 aromatic carbocycles. The predicted molar refractivity (Wildman–Crippen MR) is 40.3 cm³/mol. The van der Waals surface area contributed by atoms with Crippen molar-refractivity contribution in [3.63, 3.8) is 0 Å². The molecule has 0 bridgehead atoms. The van der Waals surface area contributed by atoms with Crippen LogP contribution < -0.4 is 0 Å². The lowest BCUT2D eigenvalue weighted by Gasteiger charge is -1.96. The molecule has 3 nitrogen and oxygen atoms in total. The average molecular weight is 143 g/mol. The van der Waals surface area contributed by atoms with Crippen LogP contribution >= 0.6 is 0 Å². The van der Waals surface area contributed by atoms with Gasteiger partial charge in [-0.1, -0.05) is 13.3 Å². The maximum atomic E-state index is 10.2. The van der Waals surface area contributed by atoms with E-state index in [2.05, 4.69) is 0 Å². The van der Waals surface area contributed by atoms with Crippen LogP contribution in [0.3, 0.4) is 0 Å². The number of hydrogen-bond acceptors (Lipinski definition) is 2. The fourth-order valence-corrected chi connectivity index (χ4v) is 0.712. The third-order valence-electron chi connectivity index (χ3n) is 1.52. The fourth-order valence-electron chi connectivity index (χ4n) is 0.712. The summed E-state index contributed by atoms with van der Waals surface area (Å²) in [6.07, 6.45) is 1.80. The van der Waals surface area contributed by atoms with Gasteiger partial charge in [-0.15, -0.1) is 0 Å². The van der Waals surface area contributed by atoms with E-state index in [4.69, 9.17) is 0 Å². The lowest BCUT2D eigenvalue weighted by atomic mass is 10.1. The average Bonchev–Trinajstić information content (AvgIpc) is 1.87. The topological polar surface area (TPSA) is 43.1 Å². The van der Waals surface area contributed by atoms with Gasteiger partial charge >= 0.3 is 0 Å². The molecule has 0 saturated heterocycles. The second-order valence-corrected chi connectivity index (χ2v) is 2.37. The molecule has 0 aromatic rings. The Kier molecular flexibility index (Phi) is 3.69. The van der Waals surface area contributed by atoms with Gasteiger partial charge in [0.25, 0.3) is 0 Å². The summed E-state index contributed by atoms with van der Waals surface area (Å²) in [7, 11) is 0. The highest BCUT2D eigenvalue weighted by molar-refractivity contribution is 5.01. The van der Waals surface area contributed by atoms with Gasteiger partial charge in [0.05, 0.1) is 4.92 Å². The quantitative estimate of drug-likeness (QED) is 0.449. The van der Waals surface area contributed by atoms with Gasteiger partial charge in [-0.3, -0.25) is 10.1 Å². The zero-order valence-corrected chi connectivity index (χ0v) is 6.68. The highest BCUT2D eigenvalue weighted by atomic mass is 16.6. The minimum absolute atomic E-state index is 0.293. The van der Waals surface area contributed by atoms with Crippen molar-refractivity contribution in [1.29, 1.82) is 0 Å². The monoisotopic (exact) mass is 143 g/mol. The highest BCUT2D eigenvalue weighted by Gasteiger charge is 2.05. The number of allylic oxidation sites excluding steroid dienone is 2. The van der Waals surface area contributed by atoms with Crippen molar-refractivity contribution in [3.05, 3.63) is 21.4 Å². The van der Waals surface area contributed by atoms with Gasteiger partial charge in [-0.2, -0.15) is 0 Å². The first-order valence-electron chi connectivity index (χ1n) is 3.40. The molecule has 10 heavy (non-hydrogen) atoms. The van der Waals surface area contributed by atoms with E-state index in [0.717, 1.165) is 18.4 Å². The molecule has 0 radical (unpaired) electrons. The Bertz CT molecular complexity index is 161. The van der Waals surface area contributed by atoms with E-state index in [9.17, 15) is 10.1 Å². The largest absolute Gasteiger partial charge is 0.259 e. The minimum atomic E-state index is -0.328. The molecule has 0 saturated carbocycles. The van der Waals surface area contributed by atoms with Crippen molar-refractivity contribution >= 4 is 0 Å². The summed E-state index contributed by atoms with van der Waals surface area (Å²) in [5, 5.41) is 10.2. The molecule has 0 heterocycles. The van der Waals surface area contributed by atoms with E-state index < -0.39 is 0 Å². The molecule has 0 amide bonds. The Balaban J connectivity index is 4.19. The summed E-state index contributed by atoms with van der Waals surface area (Å²) in [6, 6.07) is 0. The summed E-state index contributed by atoms with van der Waals surface area (Å²) in [4.78, 5) is 9.83. The number of rotatable bonds is 3. The standard InChI is InChI=1S/C7H13NO2/c1-4-5-6(2)7(3)8(9)10/h4-5H2,1-3H3. The van der Waals surface area contributed by atoms with E-state index in [1.54, 1.807) is 6.92 Å². The Morgan fingerprint density at radius 3 is 2.30 bits per heavy atom. The van der Waals surface area contributed by atoms with Crippen molar-refractivity contribution in [2.45, 2.75) is 33.6 Å². The molecule has 0 unspecified atom stereocenters. The zero-order chi connectivity index (χ0) is 8.15. The van der Waals surface area contributed by atoms with Crippen LogP contribution in [0, 0.1) is 10.1 Å². The summed E-state index contributed by atoms with van der Waals surface area (Å²) >= 11 is 0. The second kappa shape index (κ2) is 4.04. The molecular weight excluding hydrogens is 130 g/mol. The van der Waals surface area contributed by atoms with Crippen molar-refractivity contribution in [1.82, 2.24) is 0 Å². The fraction of sp³-hybridized carbons (Fsp3) is 0.714. The molecule has 0 aliphatic rings. The molecule has 0 fully saturated rings. The lowest BCUT2D eigenvalue weighted by molar-refractivity contribution is -0.425. The normalized spacial score (nSPS) is 12.7. The maximum absolute atomic E-state index is 10.2. The Morgan fingerprint density at radius 1 is 1.50 bits per heavy atom. The first-order valence-corrected chi connectivity index (χ1v) is 3.40. The Labute approximate surface area is 60.9 Å². The summed E-state index contributed by atoms with van der Waals surface area (Å²) in [5.41, 5.74) is 1.18. The highest BCUT2D eigenvalue weighted by Crippen LogP contribution is 2.09. The SMILES string of the molecule is CCCC(C)=C(C)[N+](=O)[O-]. The Hall–Kier alpha value is -0.860. The van der Waals surface area contributed by atoms with Gasteiger partial charge in [0, 0.05) is 6.92 Å². The summed E-state index contributed by atoms with van der Waals surface area (Å²) in [6.45, 7) is 5.36. The van der Waals surface area contributed by atoms with Crippen molar-refractivity contribution in [3.8, 4) is 0 Å². The van der Waals surface area contributed by atoms with Crippen molar-refractivity contribution in [2.24, 2.45) is 0 Å². The number of hydrogen-bond donors (Lipinski definition) is 0. The first kappa shape index (κ1) is 9.14. The van der Waals surface area contributed by atoms with E-state index in [0.29, 0.717) is 5.70 Å². The van der Waals surface area contributed by atoms with Crippen LogP contribution in [0.2, 0.25) is 0 Å². The summed E-state index contributed by atoms with van der Waals surface area (Å²) < 4.78 is 0. The third kappa shape index (κ3) is 2.62. The molecule has 0 aliphatic carbocycles. The van der Waals surface area contributed by atoms with Gasteiger partial charge in [0.1, 0.15) is 0 Å². The van der Waals surface area contributed by atoms with Crippen LogP contribution in [0.4, 0.5) is 0 Å². The zero-order valence-electron chi connectivity index (χ0n) is 6.68. The van der Waals surface area contributed by atoms with Crippen LogP contribution in [-0.4, -0.2) is 4.92 Å². The van der Waals surface area contributed by atoms with Crippen LogP contribution in [0.5, 0.6) is 0 Å². The maximum Gasteiger partial charge on any atom is 0.242 e. The summed E-state index contributed by atoms with van der Waals surface area (Å²) in [5.74, 6) is 0.